The minimum absolute atomic E-state index is 0.00397. The van der Waals surface area contributed by atoms with Crippen molar-refractivity contribution >= 4 is 48.2 Å². The number of carboxylic acids is 2. The Balaban J connectivity index is 5.54. The Hall–Kier alpha value is -3.07. The largest absolute Gasteiger partial charge is 0.481 e. The third-order valence-electron chi connectivity index (χ3n) is 4.35. The van der Waals surface area contributed by atoms with Crippen LogP contribution in [0, 0.1) is 5.92 Å². The summed E-state index contributed by atoms with van der Waals surface area (Å²) in [6.07, 6.45) is -0.512. The molecule has 0 bridgehead atoms. The first-order chi connectivity index (χ1) is 15.3. The first-order valence-corrected chi connectivity index (χ1v) is 10.7. The molecule has 33 heavy (non-hydrogen) atoms. The van der Waals surface area contributed by atoms with Crippen molar-refractivity contribution in [1.82, 2.24) is 16.0 Å². The number of carbonyl (C=O) groups is 5. The van der Waals surface area contributed by atoms with E-state index >= 15 is 0 Å². The SMILES string of the molecule is CC(C)C(NC(=O)C(CC(=O)O)NC(=O)C(CCCN=C(N)N)NC(=O)C(N)CS)C(=O)O. The van der Waals surface area contributed by atoms with Crippen molar-refractivity contribution in [2.24, 2.45) is 28.1 Å². The van der Waals surface area contributed by atoms with Crippen LogP contribution in [-0.2, 0) is 24.0 Å². The zero-order valence-electron chi connectivity index (χ0n) is 18.5. The number of hydrogen-bond acceptors (Lipinski definition) is 8. The number of amides is 3. The number of nitrogens with two attached hydrogens (primary N) is 3. The Kier molecular flexibility index (Phi) is 13.5. The average Bonchev–Trinajstić information content (AvgIpc) is 2.71. The van der Waals surface area contributed by atoms with Gasteiger partial charge < -0.3 is 43.4 Å². The topological polar surface area (TPSA) is 252 Å². The molecule has 3 amide bonds. The molecule has 0 aromatic carbocycles. The molecule has 0 saturated carbocycles. The second-order valence-electron chi connectivity index (χ2n) is 7.53. The zero-order chi connectivity index (χ0) is 25.7. The van der Waals surface area contributed by atoms with Gasteiger partial charge in [-0.1, -0.05) is 13.8 Å². The van der Waals surface area contributed by atoms with Crippen LogP contribution < -0.4 is 33.2 Å². The summed E-state index contributed by atoms with van der Waals surface area (Å²) >= 11 is 3.92. The van der Waals surface area contributed by atoms with Gasteiger partial charge in [-0.15, -0.1) is 0 Å². The van der Waals surface area contributed by atoms with Crippen molar-refractivity contribution in [2.75, 3.05) is 12.3 Å². The second kappa shape index (κ2) is 14.9. The molecule has 0 saturated heterocycles. The van der Waals surface area contributed by atoms with Crippen LogP contribution in [0.4, 0.5) is 0 Å². The minimum Gasteiger partial charge on any atom is -0.481 e. The van der Waals surface area contributed by atoms with Crippen molar-refractivity contribution in [3.8, 4) is 0 Å². The van der Waals surface area contributed by atoms with Crippen LogP contribution in [0.2, 0.25) is 0 Å². The van der Waals surface area contributed by atoms with Crippen LogP contribution in [0.1, 0.15) is 33.1 Å². The molecule has 14 nitrogen and oxygen atoms in total. The quantitative estimate of drug-likeness (QED) is 0.0484. The molecular formula is C18H33N7O7S. The number of aliphatic carboxylic acids is 2. The Morgan fingerprint density at radius 2 is 1.48 bits per heavy atom. The van der Waals surface area contributed by atoms with E-state index in [0.29, 0.717) is 0 Å². The third kappa shape index (κ3) is 11.9. The van der Waals surface area contributed by atoms with Crippen molar-refractivity contribution in [3.63, 3.8) is 0 Å². The molecule has 15 heteroatoms. The molecule has 188 valence electrons. The van der Waals surface area contributed by atoms with Crippen LogP contribution in [0.15, 0.2) is 4.99 Å². The van der Waals surface area contributed by atoms with Gasteiger partial charge in [-0.05, 0) is 18.8 Å². The van der Waals surface area contributed by atoms with Gasteiger partial charge >= 0.3 is 11.9 Å². The number of nitrogens with one attached hydrogen (secondary N) is 3. The van der Waals surface area contributed by atoms with Crippen LogP contribution >= 0.6 is 12.6 Å². The lowest BCUT2D eigenvalue weighted by molar-refractivity contribution is -0.144. The molecule has 0 aromatic rings. The second-order valence-corrected chi connectivity index (χ2v) is 7.89. The summed E-state index contributed by atoms with van der Waals surface area (Å²) in [5.41, 5.74) is 16.1. The number of thiol groups is 1. The maximum Gasteiger partial charge on any atom is 0.326 e. The lowest BCUT2D eigenvalue weighted by Gasteiger charge is -2.25. The summed E-state index contributed by atoms with van der Waals surface area (Å²) in [5.74, 6) is -5.92. The Bertz CT molecular complexity index is 744. The highest BCUT2D eigenvalue weighted by molar-refractivity contribution is 7.80. The summed E-state index contributed by atoms with van der Waals surface area (Å²) in [5, 5.41) is 25.3. The van der Waals surface area contributed by atoms with E-state index in [1.54, 1.807) is 13.8 Å². The number of carboxylic acid groups (broad SMARTS) is 2. The van der Waals surface area contributed by atoms with Gasteiger partial charge in [0.1, 0.15) is 18.1 Å². The van der Waals surface area contributed by atoms with Crippen LogP contribution in [0.5, 0.6) is 0 Å². The average molecular weight is 492 g/mol. The molecule has 0 fully saturated rings. The van der Waals surface area contributed by atoms with Gasteiger partial charge in [0, 0.05) is 12.3 Å². The molecule has 4 atom stereocenters. The number of rotatable bonds is 15. The number of guanidine groups is 1. The Morgan fingerprint density at radius 3 is 1.94 bits per heavy atom. The smallest absolute Gasteiger partial charge is 0.326 e. The summed E-state index contributed by atoms with van der Waals surface area (Å²) in [6.45, 7) is 3.25. The van der Waals surface area contributed by atoms with E-state index in [1.807, 2.05) is 0 Å². The molecule has 0 aliphatic heterocycles. The van der Waals surface area contributed by atoms with Gasteiger partial charge in [0.2, 0.25) is 17.7 Å². The standard InChI is InChI=1S/C18H33N7O7S/c1-8(2)13(17(31)32)25-16(30)11(6-12(26)27)24-15(29)10(4-3-5-22-18(20)21)23-14(28)9(19)7-33/h8-11,13,33H,3-7,19H2,1-2H3,(H,23,28)(H,24,29)(H,25,30)(H,26,27)(H,31,32)(H4,20,21,22). The molecule has 0 rings (SSSR count). The van der Waals surface area contributed by atoms with Crippen LogP contribution in [0.25, 0.3) is 0 Å². The first-order valence-electron chi connectivity index (χ1n) is 10.1. The monoisotopic (exact) mass is 491 g/mol. The van der Waals surface area contributed by atoms with Crippen LogP contribution in [0.3, 0.4) is 0 Å². The maximum atomic E-state index is 12.8. The molecule has 0 spiro atoms. The van der Waals surface area contributed by atoms with E-state index in [0.717, 1.165) is 0 Å². The lowest BCUT2D eigenvalue weighted by atomic mass is 10.0. The molecule has 0 radical (unpaired) electrons. The van der Waals surface area contributed by atoms with E-state index in [9.17, 15) is 29.1 Å². The Morgan fingerprint density at radius 1 is 0.939 bits per heavy atom. The van der Waals surface area contributed by atoms with E-state index in [2.05, 4.69) is 33.6 Å². The first kappa shape index (κ1) is 29.9. The number of carbonyl (C=O) groups excluding carboxylic acids is 3. The van der Waals surface area contributed by atoms with E-state index < -0.39 is 66.2 Å². The van der Waals surface area contributed by atoms with Crippen molar-refractivity contribution in [1.29, 1.82) is 0 Å². The summed E-state index contributed by atoms with van der Waals surface area (Å²) in [4.78, 5) is 63.9. The molecule has 0 heterocycles. The normalized spacial score (nSPS) is 14.3. The summed E-state index contributed by atoms with van der Waals surface area (Å²) < 4.78 is 0. The van der Waals surface area contributed by atoms with Gasteiger partial charge in [-0.2, -0.15) is 12.6 Å². The fourth-order valence-electron chi connectivity index (χ4n) is 2.56. The van der Waals surface area contributed by atoms with Gasteiger partial charge in [0.15, 0.2) is 5.96 Å². The number of aliphatic imine (C=N–C) groups is 1. The molecule has 11 N–H and O–H groups in total. The summed E-state index contributed by atoms with van der Waals surface area (Å²) in [7, 11) is 0. The maximum absolute atomic E-state index is 12.8. The molecule has 4 unspecified atom stereocenters. The lowest BCUT2D eigenvalue weighted by Crippen LogP contribution is -2.58. The fraction of sp³-hybridized carbons (Fsp3) is 0.667. The van der Waals surface area contributed by atoms with E-state index in [1.165, 1.54) is 0 Å². The van der Waals surface area contributed by atoms with Gasteiger partial charge in [0.25, 0.3) is 0 Å². The van der Waals surface area contributed by atoms with E-state index in [-0.39, 0.29) is 31.1 Å². The highest BCUT2D eigenvalue weighted by Crippen LogP contribution is 2.06. The fourth-order valence-corrected chi connectivity index (χ4v) is 2.72. The van der Waals surface area contributed by atoms with Crippen molar-refractivity contribution in [2.45, 2.75) is 57.3 Å². The van der Waals surface area contributed by atoms with Crippen molar-refractivity contribution in [3.05, 3.63) is 0 Å². The number of hydrogen-bond donors (Lipinski definition) is 9. The highest BCUT2D eigenvalue weighted by atomic mass is 32.1. The predicted molar refractivity (Wildman–Crippen MR) is 122 cm³/mol. The molecular weight excluding hydrogens is 458 g/mol. The van der Waals surface area contributed by atoms with E-state index in [4.69, 9.17) is 22.3 Å². The van der Waals surface area contributed by atoms with Gasteiger partial charge in [0.05, 0.1) is 12.5 Å². The van der Waals surface area contributed by atoms with Crippen LogP contribution in [-0.4, -0.2) is 82.3 Å². The molecule has 0 aliphatic rings. The van der Waals surface area contributed by atoms with Gasteiger partial charge in [-0.3, -0.25) is 24.2 Å². The molecule has 0 aliphatic carbocycles. The zero-order valence-corrected chi connectivity index (χ0v) is 19.4. The predicted octanol–water partition coefficient (Wildman–Crippen LogP) is -3.03. The minimum atomic E-state index is -1.59. The van der Waals surface area contributed by atoms with Gasteiger partial charge in [-0.25, -0.2) is 4.79 Å². The van der Waals surface area contributed by atoms with Crippen molar-refractivity contribution < 1.29 is 34.2 Å². The Labute approximate surface area is 196 Å². The highest BCUT2D eigenvalue weighted by Gasteiger charge is 2.32. The molecule has 0 aromatic heterocycles. The summed E-state index contributed by atoms with van der Waals surface area (Å²) in [6, 6.07) is -5.09. The number of nitrogens with zero attached hydrogens (tertiary/aromatic N) is 1. The third-order valence-corrected chi connectivity index (χ3v) is 4.75.